The minimum Gasteiger partial charge on any atom is -0.433 e. The monoisotopic (exact) mass is 586 g/mol. The SMILES string of the molecule is Cc1cc(Oc2c(F)cccc2F)ncc1-n1ncc(C(=O)c2cc3c4c(ccc3[nH]2)CCN(CC2(O)COC2)C4)c1N. The first kappa shape index (κ1) is 27.2. The summed E-state index contributed by atoms with van der Waals surface area (Å²) >= 11 is 0. The number of pyridine rings is 1. The van der Waals surface area contributed by atoms with Gasteiger partial charge in [-0.05, 0) is 54.3 Å². The molecule has 7 rings (SSSR count). The molecule has 3 aromatic heterocycles. The molecule has 0 spiro atoms. The van der Waals surface area contributed by atoms with Crippen molar-refractivity contribution in [3.63, 3.8) is 0 Å². The Morgan fingerprint density at radius 3 is 2.70 bits per heavy atom. The highest BCUT2D eigenvalue weighted by Crippen LogP contribution is 2.32. The number of ether oxygens (including phenoxy) is 2. The van der Waals surface area contributed by atoms with Crippen LogP contribution in [0.4, 0.5) is 14.6 Å². The van der Waals surface area contributed by atoms with E-state index in [0.717, 1.165) is 41.6 Å². The zero-order valence-corrected chi connectivity index (χ0v) is 23.2. The number of β-amino-alcohol motifs (C(OH)–C–C–N with tert-alkyl or cyclic N) is 1. The van der Waals surface area contributed by atoms with Gasteiger partial charge in [0, 0.05) is 36.6 Å². The lowest BCUT2D eigenvalue weighted by Crippen LogP contribution is -2.57. The van der Waals surface area contributed by atoms with Gasteiger partial charge >= 0.3 is 0 Å². The van der Waals surface area contributed by atoms with Crippen molar-refractivity contribution in [1.29, 1.82) is 0 Å². The van der Waals surface area contributed by atoms with E-state index in [0.29, 0.717) is 43.2 Å². The van der Waals surface area contributed by atoms with Crippen molar-refractivity contribution in [3.05, 3.63) is 94.4 Å². The zero-order valence-electron chi connectivity index (χ0n) is 23.2. The maximum Gasteiger partial charge on any atom is 0.219 e. The lowest BCUT2D eigenvalue weighted by Gasteiger charge is -2.41. The lowest BCUT2D eigenvalue weighted by molar-refractivity contribution is -0.188. The number of para-hydroxylation sites is 1. The smallest absolute Gasteiger partial charge is 0.219 e. The van der Waals surface area contributed by atoms with E-state index in [4.69, 9.17) is 15.2 Å². The first-order valence-electron chi connectivity index (χ1n) is 13.8. The van der Waals surface area contributed by atoms with Crippen LogP contribution in [-0.4, -0.2) is 67.4 Å². The zero-order chi connectivity index (χ0) is 29.9. The molecular formula is C31H28F2N6O4. The number of aromatic nitrogens is 4. The Morgan fingerprint density at radius 2 is 1.98 bits per heavy atom. The van der Waals surface area contributed by atoms with Gasteiger partial charge in [0.25, 0.3) is 0 Å². The Balaban J connectivity index is 1.14. The topological polar surface area (TPSA) is 132 Å². The maximum atomic E-state index is 14.0. The van der Waals surface area contributed by atoms with E-state index < -0.39 is 23.0 Å². The number of carbonyl (C=O) groups excluding carboxylic acids is 1. The number of nitrogens with zero attached hydrogens (tertiary/aromatic N) is 4. The number of anilines is 1. The van der Waals surface area contributed by atoms with Gasteiger partial charge in [-0.15, -0.1) is 0 Å². The molecule has 2 aromatic carbocycles. The fourth-order valence-electron chi connectivity index (χ4n) is 5.77. The van der Waals surface area contributed by atoms with Crippen molar-refractivity contribution >= 4 is 22.5 Å². The minimum atomic E-state index is -0.847. The van der Waals surface area contributed by atoms with E-state index in [2.05, 4.69) is 26.0 Å². The van der Waals surface area contributed by atoms with Crippen LogP contribution in [0.15, 0.2) is 54.9 Å². The van der Waals surface area contributed by atoms with Crippen molar-refractivity contribution in [2.24, 2.45) is 0 Å². The number of benzene rings is 2. The third-order valence-corrected chi connectivity index (χ3v) is 8.06. The third kappa shape index (κ3) is 4.83. The number of fused-ring (bicyclic) bond motifs is 3. The number of nitrogens with one attached hydrogen (secondary N) is 1. The molecule has 1 saturated heterocycles. The van der Waals surface area contributed by atoms with Gasteiger partial charge in [0.05, 0.1) is 42.6 Å². The van der Waals surface area contributed by atoms with Crippen LogP contribution in [0.3, 0.4) is 0 Å². The van der Waals surface area contributed by atoms with Gasteiger partial charge in [0.1, 0.15) is 11.4 Å². The number of hydrogen-bond acceptors (Lipinski definition) is 8. The predicted molar refractivity (Wildman–Crippen MR) is 153 cm³/mol. The normalized spacial score (nSPS) is 16.2. The molecule has 0 radical (unpaired) electrons. The summed E-state index contributed by atoms with van der Waals surface area (Å²) in [4.78, 5) is 23.2. The van der Waals surface area contributed by atoms with Crippen molar-refractivity contribution in [3.8, 4) is 17.3 Å². The fourth-order valence-corrected chi connectivity index (χ4v) is 5.77. The molecule has 5 heterocycles. The molecule has 4 N–H and O–H groups in total. The molecule has 0 bridgehead atoms. The lowest BCUT2D eigenvalue weighted by atomic mass is 9.94. The molecule has 5 aromatic rings. The van der Waals surface area contributed by atoms with E-state index in [9.17, 15) is 18.7 Å². The first-order valence-corrected chi connectivity index (χ1v) is 13.8. The van der Waals surface area contributed by atoms with E-state index in [1.165, 1.54) is 34.8 Å². The Morgan fingerprint density at radius 1 is 1.19 bits per heavy atom. The number of halogens is 2. The van der Waals surface area contributed by atoms with Gasteiger partial charge in [0.15, 0.2) is 11.6 Å². The molecule has 220 valence electrons. The van der Waals surface area contributed by atoms with Crippen LogP contribution >= 0.6 is 0 Å². The second kappa shape index (κ2) is 10.3. The number of nitrogen functional groups attached to an aromatic ring is 1. The van der Waals surface area contributed by atoms with Crippen LogP contribution < -0.4 is 10.5 Å². The fraction of sp³-hybridized carbons (Fsp3) is 0.258. The molecule has 2 aliphatic heterocycles. The van der Waals surface area contributed by atoms with Gasteiger partial charge in [-0.1, -0.05) is 12.1 Å². The molecular weight excluding hydrogens is 558 g/mol. The van der Waals surface area contributed by atoms with Crippen LogP contribution in [0, 0.1) is 18.6 Å². The van der Waals surface area contributed by atoms with Crippen molar-refractivity contribution < 1.29 is 28.2 Å². The highest BCUT2D eigenvalue weighted by atomic mass is 19.1. The van der Waals surface area contributed by atoms with Crippen LogP contribution in [0.1, 0.15) is 32.7 Å². The largest absolute Gasteiger partial charge is 0.433 e. The molecule has 0 amide bonds. The van der Waals surface area contributed by atoms with Gasteiger partial charge in [0.2, 0.25) is 17.4 Å². The third-order valence-electron chi connectivity index (χ3n) is 8.06. The summed E-state index contributed by atoms with van der Waals surface area (Å²) in [5.41, 5.74) is 10.5. The number of ketones is 1. The van der Waals surface area contributed by atoms with E-state index in [1.807, 2.05) is 12.1 Å². The van der Waals surface area contributed by atoms with Crippen LogP contribution in [0.5, 0.6) is 11.6 Å². The summed E-state index contributed by atoms with van der Waals surface area (Å²) in [6, 6.07) is 10.8. The summed E-state index contributed by atoms with van der Waals surface area (Å²) in [7, 11) is 0. The highest BCUT2D eigenvalue weighted by molar-refractivity contribution is 6.12. The number of aromatic amines is 1. The molecule has 0 saturated carbocycles. The summed E-state index contributed by atoms with van der Waals surface area (Å²) in [6.45, 7) is 4.48. The molecule has 10 nitrogen and oxygen atoms in total. The Hall–Kier alpha value is -4.65. The minimum absolute atomic E-state index is 0.0116. The average Bonchev–Trinajstić information content (AvgIpc) is 3.58. The second-order valence-corrected chi connectivity index (χ2v) is 11.2. The number of hydrogen-bond donors (Lipinski definition) is 3. The first-order chi connectivity index (χ1) is 20.7. The molecule has 2 aliphatic rings. The Kier molecular flexibility index (Phi) is 6.49. The standard InChI is InChI=1S/C31H28F2N6O4/c1-17-9-27(43-29-22(32)3-2-4-23(29)33)35-12-26(17)39-30(34)20(11-36-39)28(40)25-10-19-21-13-38(14-31(41)15-42-16-31)8-7-18(21)5-6-24(19)37-25/h2-6,9-12,37,41H,7-8,13-16,34H2,1H3. The predicted octanol–water partition coefficient (Wildman–Crippen LogP) is 4.06. The van der Waals surface area contributed by atoms with Gasteiger partial charge in [-0.3, -0.25) is 9.69 Å². The molecule has 0 aliphatic carbocycles. The summed E-state index contributed by atoms with van der Waals surface area (Å²) in [5.74, 6) is -2.46. The number of nitrogens with two attached hydrogens (primary N) is 1. The highest BCUT2D eigenvalue weighted by Gasteiger charge is 2.38. The molecule has 0 unspecified atom stereocenters. The molecule has 12 heteroatoms. The van der Waals surface area contributed by atoms with Gasteiger partial charge < -0.3 is 25.3 Å². The number of aliphatic hydroxyl groups is 1. The van der Waals surface area contributed by atoms with Crippen molar-refractivity contribution in [1.82, 2.24) is 24.6 Å². The van der Waals surface area contributed by atoms with Crippen molar-refractivity contribution in [2.75, 3.05) is 32.0 Å². The Labute approximate surface area is 244 Å². The number of H-pyrrole nitrogens is 1. The Bertz CT molecular complexity index is 1880. The molecule has 0 atom stereocenters. The summed E-state index contributed by atoms with van der Waals surface area (Å²) < 4.78 is 40.0. The number of rotatable bonds is 7. The average molecular weight is 587 g/mol. The van der Waals surface area contributed by atoms with Crippen LogP contribution in [-0.2, 0) is 17.7 Å². The second-order valence-electron chi connectivity index (χ2n) is 11.2. The van der Waals surface area contributed by atoms with Gasteiger partial charge in [-0.2, -0.15) is 5.10 Å². The van der Waals surface area contributed by atoms with Gasteiger partial charge in [-0.25, -0.2) is 18.4 Å². The maximum absolute atomic E-state index is 14.0. The van der Waals surface area contributed by atoms with Crippen molar-refractivity contribution in [2.45, 2.75) is 25.5 Å². The van der Waals surface area contributed by atoms with E-state index >= 15 is 0 Å². The molecule has 43 heavy (non-hydrogen) atoms. The number of aryl methyl sites for hydroxylation is 1. The number of carbonyl (C=O) groups is 1. The summed E-state index contributed by atoms with van der Waals surface area (Å²) in [5, 5.41) is 15.9. The van der Waals surface area contributed by atoms with Crippen LogP contribution in [0.25, 0.3) is 16.6 Å². The van der Waals surface area contributed by atoms with E-state index in [-0.39, 0.29) is 23.0 Å². The quantitative estimate of drug-likeness (QED) is 0.244. The summed E-state index contributed by atoms with van der Waals surface area (Å²) in [6.07, 6.45) is 3.66. The molecule has 1 fully saturated rings. The van der Waals surface area contributed by atoms with E-state index in [1.54, 1.807) is 6.92 Å². The van der Waals surface area contributed by atoms with Crippen LogP contribution in [0.2, 0.25) is 0 Å².